The Morgan fingerprint density at radius 3 is 2.64 bits per heavy atom. The first-order valence-electron chi connectivity index (χ1n) is 8.76. The third-order valence-electron chi connectivity index (χ3n) is 5.84. The number of hydrogen-bond acceptors (Lipinski definition) is 2. The predicted octanol–water partition coefficient (Wildman–Crippen LogP) is 2.73. The lowest BCUT2D eigenvalue weighted by molar-refractivity contribution is -0.134. The van der Waals surface area contributed by atoms with Gasteiger partial charge in [-0.25, -0.2) is 0 Å². The lowest BCUT2D eigenvalue weighted by atomic mass is 9.84. The van der Waals surface area contributed by atoms with Crippen LogP contribution < -0.4 is 0 Å². The van der Waals surface area contributed by atoms with Gasteiger partial charge in [0.25, 0.3) is 0 Å². The first-order chi connectivity index (χ1) is 10.7. The number of hydrogen-bond donors (Lipinski definition) is 0. The molecule has 4 aliphatic heterocycles. The van der Waals surface area contributed by atoms with E-state index in [1.807, 2.05) is 6.07 Å². The number of carbonyl (C=O) groups is 1. The molecule has 0 aliphatic carbocycles. The lowest BCUT2D eigenvalue weighted by Gasteiger charge is -2.41. The number of nitrogens with zero attached hydrogens (tertiary/aromatic N) is 2. The van der Waals surface area contributed by atoms with E-state index in [0.717, 1.165) is 19.0 Å². The largest absolute Gasteiger partial charge is 0.338 e. The fourth-order valence-electron chi connectivity index (χ4n) is 4.87. The molecule has 4 fully saturated rings. The van der Waals surface area contributed by atoms with Gasteiger partial charge in [0.05, 0.1) is 0 Å². The zero-order valence-electron chi connectivity index (χ0n) is 13.4. The molecule has 1 aromatic carbocycles. The highest BCUT2D eigenvalue weighted by Gasteiger charge is 2.43. The summed E-state index contributed by atoms with van der Waals surface area (Å²) in [6.45, 7) is 6.77. The van der Waals surface area contributed by atoms with Gasteiger partial charge in [-0.2, -0.15) is 0 Å². The minimum Gasteiger partial charge on any atom is -0.338 e. The molecule has 4 saturated heterocycles. The zero-order valence-corrected chi connectivity index (χ0v) is 13.4. The van der Waals surface area contributed by atoms with Gasteiger partial charge in [0, 0.05) is 38.6 Å². The fraction of sp³-hybridized carbons (Fsp3) is 0.632. The molecule has 4 bridgehead atoms. The summed E-state index contributed by atoms with van der Waals surface area (Å²) in [6, 6.07) is 10.9. The molecule has 118 valence electrons. The lowest BCUT2D eigenvalue weighted by Crippen LogP contribution is -2.50. The van der Waals surface area contributed by atoms with E-state index in [1.165, 1.54) is 31.5 Å². The van der Waals surface area contributed by atoms with Crippen LogP contribution in [0.5, 0.6) is 0 Å². The molecule has 5 unspecified atom stereocenters. The first-order valence-corrected chi connectivity index (χ1v) is 8.76. The van der Waals surface area contributed by atoms with Crippen molar-refractivity contribution in [3.05, 3.63) is 35.9 Å². The summed E-state index contributed by atoms with van der Waals surface area (Å²) in [5, 5.41) is 0. The topological polar surface area (TPSA) is 23.6 Å². The maximum atomic E-state index is 12.9. The van der Waals surface area contributed by atoms with Gasteiger partial charge in [0.1, 0.15) is 0 Å². The molecular weight excluding hydrogens is 272 g/mol. The van der Waals surface area contributed by atoms with E-state index in [2.05, 4.69) is 41.0 Å². The van der Waals surface area contributed by atoms with Crippen LogP contribution in [0.2, 0.25) is 0 Å². The van der Waals surface area contributed by atoms with Crippen LogP contribution in [-0.2, 0) is 4.79 Å². The molecule has 22 heavy (non-hydrogen) atoms. The van der Waals surface area contributed by atoms with Gasteiger partial charge in [0.2, 0.25) is 5.91 Å². The van der Waals surface area contributed by atoms with Crippen molar-refractivity contribution in [2.45, 2.75) is 38.1 Å². The molecule has 1 aromatic rings. The van der Waals surface area contributed by atoms with Gasteiger partial charge in [0.15, 0.2) is 0 Å². The summed E-state index contributed by atoms with van der Waals surface area (Å²) >= 11 is 0. The van der Waals surface area contributed by atoms with Crippen LogP contribution in [0.3, 0.4) is 0 Å². The highest BCUT2D eigenvalue weighted by atomic mass is 16.2. The molecule has 3 nitrogen and oxygen atoms in total. The molecule has 1 amide bonds. The highest BCUT2D eigenvalue weighted by Crippen LogP contribution is 2.37. The Morgan fingerprint density at radius 1 is 1.09 bits per heavy atom. The van der Waals surface area contributed by atoms with Crippen molar-refractivity contribution in [2.24, 2.45) is 11.8 Å². The maximum absolute atomic E-state index is 12.9. The number of fused-ring (bicyclic) bond motifs is 1. The molecule has 0 aromatic heterocycles. The van der Waals surface area contributed by atoms with Crippen LogP contribution in [-0.4, -0.2) is 47.9 Å². The van der Waals surface area contributed by atoms with Gasteiger partial charge in [-0.05, 0) is 36.2 Å². The van der Waals surface area contributed by atoms with Gasteiger partial charge in [-0.1, -0.05) is 37.3 Å². The Labute approximate surface area is 133 Å². The number of carbonyl (C=O) groups excluding carboxylic acids is 1. The second-order valence-corrected chi connectivity index (χ2v) is 7.64. The maximum Gasteiger partial charge on any atom is 0.223 e. The van der Waals surface area contributed by atoms with Crippen molar-refractivity contribution in [1.82, 2.24) is 9.80 Å². The van der Waals surface area contributed by atoms with E-state index in [-0.39, 0.29) is 0 Å². The Hall–Kier alpha value is -1.35. The normalized spacial score (nSPS) is 34.5. The smallest absolute Gasteiger partial charge is 0.223 e. The first kappa shape index (κ1) is 14.3. The van der Waals surface area contributed by atoms with Gasteiger partial charge < -0.3 is 9.80 Å². The molecule has 0 spiro atoms. The Balaban J connectivity index is 1.46. The van der Waals surface area contributed by atoms with Crippen molar-refractivity contribution in [3.63, 3.8) is 0 Å². The molecule has 3 heteroatoms. The fourth-order valence-corrected chi connectivity index (χ4v) is 4.87. The van der Waals surface area contributed by atoms with Gasteiger partial charge in [-0.3, -0.25) is 4.79 Å². The van der Waals surface area contributed by atoms with Crippen molar-refractivity contribution >= 4 is 5.91 Å². The summed E-state index contributed by atoms with van der Waals surface area (Å²) in [6.07, 6.45) is 3.22. The van der Waals surface area contributed by atoms with Gasteiger partial charge in [-0.15, -0.1) is 0 Å². The standard InChI is InChI=1S/C19H26N2O/c1-14(17-5-3-2-4-6-17)7-19(22)21-12-16-8-15-9-18(21)13-20(10-15)11-16/h2-6,14-16,18H,7-13H2,1H3. The number of amides is 1. The number of rotatable bonds is 3. The molecule has 4 heterocycles. The van der Waals surface area contributed by atoms with Crippen molar-refractivity contribution in [2.75, 3.05) is 26.2 Å². The average molecular weight is 298 g/mol. The quantitative estimate of drug-likeness (QED) is 0.856. The van der Waals surface area contributed by atoms with Crippen LogP contribution in [0.15, 0.2) is 30.3 Å². The molecule has 0 radical (unpaired) electrons. The van der Waals surface area contributed by atoms with E-state index in [1.54, 1.807) is 0 Å². The van der Waals surface area contributed by atoms with E-state index >= 15 is 0 Å². The zero-order chi connectivity index (χ0) is 15.1. The third-order valence-corrected chi connectivity index (χ3v) is 5.84. The van der Waals surface area contributed by atoms with Crippen molar-refractivity contribution < 1.29 is 4.79 Å². The second-order valence-electron chi connectivity index (χ2n) is 7.64. The molecule has 5 atom stereocenters. The highest BCUT2D eigenvalue weighted by molar-refractivity contribution is 5.77. The van der Waals surface area contributed by atoms with Crippen LogP contribution in [0.4, 0.5) is 0 Å². The summed E-state index contributed by atoms with van der Waals surface area (Å²) in [4.78, 5) is 17.7. The summed E-state index contributed by atoms with van der Waals surface area (Å²) in [7, 11) is 0. The summed E-state index contributed by atoms with van der Waals surface area (Å²) in [5.41, 5.74) is 1.28. The predicted molar refractivity (Wildman–Crippen MR) is 87.6 cm³/mol. The molecule has 0 saturated carbocycles. The van der Waals surface area contributed by atoms with Crippen LogP contribution in [0, 0.1) is 11.8 Å². The van der Waals surface area contributed by atoms with E-state index in [0.29, 0.717) is 30.2 Å². The summed E-state index contributed by atoms with van der Waals surface area (Å²) in [5.74, 6) is 2.23. The minimum absolute atomic E-state index is 0.312. The van der Waals surface area contributed by atoms with E-state index in [9.17, 15) is 4.79 Å². The SMILES string of the molecule is CC(CC(=O)N1CC2CC3CC1CN(C3)C2)c1ccccc1. The number of piperidine rings is 2. The Bertz CT molecular complexity index is 530. The third kappa shape index (κ3) is 2.67. The molecule has 5 rings (SSSR count). The van der Waals surface area contributed by atoms with Gasteiger partial charge >= 0.3 is 0 Å². The van der Waals surface area contributed by atoms with E-state index in [4.69, 9.17) is 0 Å². The summed E-state index contributed by atoms with van der Waals surface area (Å²) < 4.78 is 0. The van der Waals surface area contributed by atoms with Crippen molar-refractivity contribution in [1.29, 1.82) is 0 Å². The molecule has 0 N–H and O–H groups in total. The van der Waals surface area contributed by atoms with E-state index < -0.39 is 0 Å². The van der Waals surface area contributed by atoms with Crippen molar-refractivity contribution in [3.8, 4) is 0 Å². The van der Waals surface area contributed by atoms with Crippen LogP contribution >= 0.6 is 0 Å². The Morgan fingerprint density at radius 2 is 1.86 bits per heavy atom. The number of benzene rings is 1. The average Bonchev–Trinajstić information content (AvgIpc) is 2.72. The van der Waals surface area contributed by atoms with Crippen LogP contribution in [0.1, 0.15) is 37.7 Å². The Kier molecular flexibility index (Phi) is 3.69. The molecular formula is C19H26N2O. The monoisotopic (exact) mass is 298 g/mol. The van der Waals surface area contributed by atoms with Crippen LogP contribution in [0.25, 0.3) is 0 Å². The minimum atomic E-state index is 0.312. The molecule has 4 aliphatic rings. The second kappa shape index (κ2) is 5.69.